The molecule has 0 fully saturated rings. The number of thioether (sulfide) groups is 1. The Balaban J connectivity index is 2.59. The molecule has 0 aliphatic carbocycles. The van der Waals surface area contributed by atoms with E-state index in [0.717, 1.165) is 10.9 Å². The molecule has 0 aromatic carbocycles. The minimum absolute atomic E-state index is 0.111. The van der Waals surface area contributed by atoms with Crippen molar-refractivity contribution in [1.29, 1.82) is 0 Å². The Hall–Kier alpha value is -0.620. The van der Waals surface area contributed by atoms with Crippen molar-refractivity contribution in [2.24, 2.45) is 0 Å². The van der Waals surface area contributed by atoms with E-state index in [1.165, 1.54) is 0 Å². The number of aliphatic hydroxyl groups is 1. The van der Waals surface area contributed by atoms with Gasteiger partial charge in [0, 0.05) is 5.75 Å². The minimum Gasteiger partial charge on any atom is -0.390 e. The van der Waals surface area contributed by atoms with Gasteiger partial charge in [-0.15, -0.1) is 5.10 Å². The molecule has 0 aliphatic rings. The molecular weight excluding hydrogens is 224 g/mol. The van der Waals surface area contributed by atoms with Crippen LogP contribution in [0.3, 0.4) is 0 Å². The summed E-state index contributed by atoms with van der Waals surface area (Å²) in [6.45, 7) is 9.79. The number of hydrogen-bond donors (Lipinski definition) is 1. The van der Waals surface area contributed by atoms with Crippen molar-refractivity contribution in [3.05, 3.63) is 0 Å². The third-order valence-corrected chi connectivity index (χ3v) is 2.94. The van der Waals surface area contributed by atoms with Gasteiger partial charge in [-0.2, -0.15) is 0 Å². The molecule has 0 bridgehead atoms. The van der Waals surface area contributed by atoms with Crippen LogP contribution in [0, 0.1) is 0 Å². The second-order valence-corrected chi connectivity index (χ2v) is 6.52. The lowest BCUT2D eigenvalue weighted by Crippen LogP contribution is -2.24. The molecule has 1 N–H and O–H groups in total. The summed E-state index contributed by atoms with van der Waals surface area (Å²) in [5.41, 5.74) is -0.742. The first-order valence-electron chi connectivity index (χ1n) is 5.34. The first-order chi connectivity index (χ1) is 7.20. The summed E-state index contributed by atoms with van der Waals surface area (Å²) in [7, 11) is 0. The highest BCUT2D eigenvalue weighted by molar-refractivity contribution is 7.99. The Morgan fingerprint density at radius 3 is 2.38 bits per heavy atom. The maximum absolute atomic E-state index is 9.60. The zero-order valence-corrected chi connectivity index (χ0v) is 11.4. The number of tetrazole rings is 1. The van der Waals surface area contributed by atoms with E-state index < -0.39 is 5.60 Å². The Labute approximate surface area is 101 Å². The summed E-state index contributed by atoms with van der Waals surface area (Å²) in [5, 5.41) is 22.0. The highest BCUT2D eigenvalue weighted by Crippen LogP contribution is 2.23. The summed E-state index contributed by atoms with van der Waals surface area (Å²) in [4.78, 5) is 0. The summed E-state index contributed by atoms with van der Waals surface area (Å²) >= 11 is 1.57. The summed E-state index contributed by atoms with van der Waals surface area (Å²) in [5.74, 6) is 0.806. The second-order valence-electron chi connectivity index (χ2n) is 5.45. The van der Waals surface area contributed by atoms with Crippen molar-refractivity contribution < 1.29 is 5.11 Å². The van der Waals surface area contributed by atoms with Crippen LogP contribution in [-0.4, -0.2) is 36.7 Å². The van der Waals surface area contributed by atoms with Gasteiger partial charge in [0.2, 0.25) is 5.16 Å². The van der Waals surface area contributed by atoms with Crippen molar-refractivity contribution in [1.82, 2.24) is 20.2 Å². The van der Waals surface area contributed by atoms with Crippen LogP contribution >= 0.6 is 11.8 Å². The zero-order valence-electron chi connectivity index (χ0n) is 10.6. The van der Waals surface area contributed by atoms with Crippen LogP contribution in [-0.2, 0) is 5.54 Å². The van der Waals surface area contributed by atoms with Crippen molar-refractivity contribution >= 4 is 11.8 Å². The molecule has 0 saturated heterocycles. The normalized spacial score (nSPS) is 13.1. The molecule has 5 nitrogen and oxygen atoms in total. The van der Waals surface area contributed by atoms with Gasteiger partial charge in [0.05, 0.1) is 11.1 Å². The highest BCUT2D eigenvalue weighted by Gasteiger charge is 2.20. The molecule has 1 aromatic rings. The van der Waals surface area contributed by atoms with E-state index >= 15 is 0 Å². The molecule has 92 valence electrons. The third kappa shape index (κ3) is 4.09. The van der Waals surface area contributed by atoms with Crippen LogP contribution in [0.15, 0.2) is 5.16 Å². The fourth-order valence-corrected chi connectivity index (χ4v) is 2.39. The van der Waals surface area contributed by atoms with Gasteiger partial charge in [0.15, 0.2) is 0 Å². The lowest BCUT2D eigenvalue weighted by atomic mass is 10.1. The topological polar surface area (TPSA) is 63.8 Å². The van der Waals surface area contributed by atoms with Crippen LogP contribution < -0.4 is 0 Å². The van der Waals surface area contributed by atoms with Crippen molar-refractivity contribution in [2.45, 2.75) is 57.3 Å². The fraction of sp³-hybridized carbons (Fsp3) is 0.900. The summed E-state index contributed by atoms with van der Waals surface area (Å²) in [6, 6.07) is 0. The molecule has 0 radical (unpaired) electrons. The Bertz CT molecular complexity index is 337. The van der Waals surface area contributed by atoms with E-state index in [9.17, 15) is 5.11 Å². The lowest BCUT2D eigenvalue weighted by molar-refractivity contribution is 0.0777. The third-order valence-electron chi connectivity index (χ3n) is 2.02. The predicted molar refractivity (Wildman–Crippen MR) is 64.5 cm³/mol. The molecule has 0 aliphatic heterocycles. The summed E-state index contributed by atoms with van der Waals surface area (Å²) in [6.07, 6.45) is 0.717. The van der Waals surface area contributed by atoms with Gasteiger partial charge in [-0.25, -0.2) is 4.68 Å². The van der Waals surface area contributed by atoms with E-state index in [4.69, 9.17) is 0 Å². The van der Waals surface area contributed by atoms with Crippen LogP contribution in [0.4, 0.5) is 0 Å². The fourth-order valence-electron chi connectivity index (χ4n) is 1.08. The molecule has 0 amide bonds. The number of aromatic nitrogens is 4. The molecule has 0 unspecified atom stereocenters. The largest absolute Gasteiger partial charge is 0.390 e. The zero-order chi connectivity index (χ0) is 12.4. The van der Waals surface area contributed by atoms with Crippen LogP contribution in [0.1, 0.15) is 41.0 Å². The Kier molecular flexibility index (Phi) is 3.96. The summed E-state index contributed by atoms with van der Waals surface area (Å²) < 4.78 is 1.81. The Morgan fingerprint density at radius 2 is 1.88 bits per heavy atom. The first-order valence-corrected chi connectivity index (χ1v) is 6.33. The predicted octanol–water partition coefficient (Wildman–Crippen LogP) is 1.68. The molecule has 6 heteroatoms. The molecular formula is C10H20N4OS. The maximum Gasteiger partial charge on any atom is 0.209 e. The van der Waals surface area contributed by atoms with E-state index in [2.05, 4.69) is 36.3 Å². The molecule has 0 saturated carbocycles. The van der Waals surface area contributed by atoms with Gasteiger partial charge < -0.3 is 5.11 Å². The van der Waals surface area contributed by atoms with Gasteiger partial charge in [0.1, 0.15) is 0 Å². The molecule has 16 heavy (non-hydrogen) atoms. The minimum atomic E-state index is -0.632. The SMILES string of the molecule is CC(C)(O)CCSc1nnnn1C(C)(C)C. The average molecular weight is 244 g/mol. The standard InChI is InChI=1S/C10H20N4OS/c1-9(2,3)14-8(11-12-13-14)16-7-6-10(4,5)15/h15H,6-7H2,1-5H3. The molecule has 1 rings (SSSR count). The number of nitrogens with zero attached hydrogens (tertiary/aromatic N) is 4. The van der Waals surface area contributed by atoms with Gasteiger partial charge in [-0.05, 0) is 51.5 Å². The molecule has 0 atom stereocenters. The first kappa shape index (κ1) is 13.4. The molecule has 0 spiro atoms. The lowest BCUT2D eigenvalue weighted by Gasteiger charge is -2.20. The smallest absolute Gasteiger partial charge is 0.209 e. The van der Waals surface area contributed by atoms with Crippen molar-refractivity contribution in [3.63, 3.8) is 0 Å². The number of hydrogen-bond acceptors (Lipinski definition) is 5. The maximum atomic E-state index is 9.60. The quantitative estimate of drug-likeness (QED) is 0.816. The number of rotatable bonds is 4. The van der Waals surface area contributed by atoms with E-state index in [-0.39, 0.29) is 5.54 Å². The molecule has 1 heterocycles. The second kappa shape index (κ2) is 4.71. The van der Waals surface area contributed by atoms with E-state index in [0.29, 0.717) is 6.42 Å². The Morgan fingerprint density at radius 1 is 1.25 bits per heavy atom. The van der Waals surface area contributed by atoms with Gasteiger partial charge in [-0.1, -0.05) is 11.8 Å². The van der Waals surface area contributed by atoms with Crippen molar-refractivity contribution in [3.8, 4) is 0 Å². The van der Waals surface area contributed by atoms with E-state index in [1.807, 2.05) is 4.68 Å². The van der Waals surface area contributed by atoms with Crippen LogP contribution in [0.2, 0.25) is 0 Å². The van der Waals surface area contributed by atoms with Gasteiger partial charge >= 0.3 is 0 Å². The van der Waals surface area contributed by atoms with Gasteiger partial charge in [0.25, 0.3) is 0 Å². The molecule has 1 aromatic heterocycles. The highest BCUT2D eigenvalue weighted by atomic mass is 32.2. The van der Waals surface area contributed by atoms with Crippen LogP contribution in [0.25, 0.3) is 0 Å². The van der Waals surface area contributed by atoms with E-state index in [1.54, 1.807) is 25.6 Å². The average Bonchev–Trinajstić information content (AvgIpc) is 2.48. The monoisotopic (exact) mass is 244 g/mol. The van der Waals surface area contributed by atoms with Crippen LogP contribution in [0.5, 0.6) is 0 Å². The van der Waals surface area contributed by atoms with Crippen molar-refractivity contribution in [2.75, 3.05) is 5.75 Å². The van der Waals surface area contributed by atoms with Gasteiger partial charge in [-0.3, -0.25) is 0 Å².